The number of halogens is 1. The normalized spacial score (nSPS) is 15.5. The van der Waals surface area contributed by atoms with Crippen LogP contribution in [0.4, 0.5) is 11.4 Å². The van der Waals surface area contributed by atoms with Crippen LogP contribution in [0.15, 0.2) is 29.2 Å². The molecule has 1 saturated heterocycles. The minimum atomic E-state index is -3.81. The van der Waals surface area contributed by atoms with E-state index in [0.29, 0.717) is 11.4 Å². The van der Waals surface area contributed by atoms with Gasteiger partial charge in [0.25, 0.3) is 10.0 Å². The number of sulfonamides is 1. The van der Waals surface area contributed by atoms with Crippen LogP contribution in [0.5, 0.6) is 0 Å². The molecule has 0 aliphatic carbocycles. The van der Waals surface area contributed by atoms with Crippen molar-refractivity contribution in [2.75, 3.05) is 22.7 Å². The molecule has 130 valence electrons. The van der Waals surface area contributed by atoms with E-state index in [2.05, 4.69) is 14.7 Å². The number of piperidine rings is 1. The van der Waals surface area contributed by atoms with Gasteiger partial charge in [0.15, 0.2) is 0 Å². The van der Waals surface area contributed by atoms with E-state index in [0.717, 1.165) is 31.6 Å². The molecule has 1 aliphatic rings. The number of anilines is 2. The molecule has 0 bridgehead atoms. The quantitative estimate of drug-likeness (QED) is 0.900. The molecule has 0 spiro atoms. The highest BCUT2D eigenvalue weighted by atomic mass is 35.5. The molecule has 1 fully saturated rings. The van der Waals surface area contributed by atoms with Gasteiger partial charge in [0.2, 0.25) is 0 Å². The van der Waals surface area contributed by atoms with Gasteiger partial charge in [0, 0.05) is 20.1 Å². The summed E-state index contributed by atoms with van der Waals surface area (Å²) in [7, 11) is -2.19. The maximum Gasteiger partial charge on any atom is 0.266 e. The van der Waals surface area contributed by atoms with E-state index in [1.165, 1.54) is 11.1 Å². The lowest BCUT2D eigenvalue weighted by Gasteiger charge is -2.30. The molecule has 0 saturated carbocycles. The molecule has 1 aliphatic heterocycles. The van der Waals surface area contributed by atoms with Crippen molar-refractivity contribution in [3.05, 3.63) is 35.1 Å². The molecule has 0 amide bonds. The van der Waals surface area contributed by atoms with E-state index in [1.54, 1.807) is 20.0 Å². The van der Waals surface area contributed by atoms with Gasteiger partial charge in [-0.05, 0) is 38.3 Å². The first kappa shape index (κ1) is 17.1. The molecule has 1 aromatic carbocycles. The van der Waals surface area contributed by atoms with Crippen LogP contribution in [0.1, 0.15) is 25.0 Å². The average Bonchev–Trinajstić information content (AvgIpc) is 2.81. The minimum Gasteiger partial charge on any atom is -0.370 e. The second kappa shape index (κ2) is 6.64. The zero-order chi connectivity index (χ0) is 17.3. The van der Waals surface area contributed by atoms with Crippen LogP contribution in [-0.2, 0) is 17.1 Å². The van der Waals surface area contributed by atoms with E-state index in [-0.39, 0.29) is 10.0 Å². The summed E-state index contributed by atoms with van der Waals surface area (Å²) >= 11 is 6.12. The third-order valence-electron chi connectivity index (χ3n) is 4.21. The Morgan fingerprint density at radius 1 is 1.17 bits per heavy atom. The molecular weight excluding hydrogens is 348 g/mol. The van der Waals surface area contributed by atoms with Crippen molar-refractivity contribution in [2.45, 2.75) is 31.1 Å². The monoisotopic (exact) mass is 368 g/mol. The molecule has 1 aromatic heterocycles. The van der Waals surface area contributed by atoms with Crippen LogP contribution in [0, 0.1) is 6.92 Å². The molecular formula is C16H21ClN4O2S. The molecule has 24 heavy (non-hydrogen) atoms. The first-order valence-electron chi connectivity index (χ1n) is 7.96. The summed E-state index contributed by atoms with van der Waals surface area (Å²) < 4.78 is 29.7. The van der Waals surface area contributed by atoms with E-state index in [4.69, 9.17) is 11.6 Å². The number of aromatic nitrogens is 2. The van der Waals surface area contributed by atoms with E-state index in [9.17, 15) is 8.42 Å². The van der Waals surface area contributed by atoms with Gasteiger partial charge in [0.05, 0.1) is 17.1 Å². The first-order valence-corrected chi connectivity index (χ1v) is 9.82. The number of rotatable bonds is 4. The van der Waals surface area contributed by atoms with Crippen LogP contribution in [-0.4, -0.2) is 31.3 Å². The number of para-hydroxylation sites is 2. The Morgan fingerprint density at radius 3 is 2.46 bits per heavy atom. The fourth-order valence-electron chi connectivity index (χ4n) is 3.08. The summed E-state index contributed by atoms with van der Waals surface area (Å²) in [5.74, 6) is 0. The Labute approximate surface area is 147 Å². The number of nitrogens with one attached hydrogen (secondary N) is 1. The maximum atomic E-state index is 12.8. The van der Waals surface area contributed by atoms with Crippen LogP contribution in [0.25, 0.3) is 0 Å². The Hall–Kier alpha value is -1.73. The summed E-state index contributed by atoms with van der Waals surface area (Å²) in [6.45, 7) is 3.51. The summed E-state index contributed by atoms with van der Waals surface area (Å²) in [4.78, 5) is 2.25. The highest BCUT2D eigenvalue weighted by molar-refractivity contribution is 7.93. The van der Waals surface area contributed by atoms with E-state index < -0.39 is 10.0 Å². The number of nitrogens with zero attached hydrogens (tertiary/aromatic N) is 3. The highest BCUT2D eigenvalue weighted by Crippen LogP contribution is 2.32. The average molecular weight is 369 g/mol. The van der Waals surface area contributed by atoms with Crippen LogP contribution in [0.2, 0.25) is 5.15 Å². The van der Waals surface area contributed by atoms with Crippen molar-refractivity contribution in [3.8, 4) is 0 Å². The van der Waals surface area contributed by atoms with Gasteiger partial charge in [-0.25, -0.2) is 8.42 Å². The minimum absolute atomic E-state index is 0.0279. The van der Waals surface area contributed by atoms with Gasteiger partial charge in [-0.15, -0.1) is 0 Å². The predicted octanol–water partition coefficient (Wildman–Crippen LogP) is 3.17. The van der Waals surface area contributed by atoms with Gasteiger partial charge < -0.3 is 4.90 Å². The lowest BCUT2D eigenvalue weighted by molar-refractivity contribution is 0.578. The van der Waals surface area contributed by atoms with E-state index in [1.807, 2.05) is 18.2 Å². The Balaban J connectivity index is 1.96. The van der Waals surface area contributed by atoms with Gasteiger partial charge in [0.1, 0.15) is 10.0 Å². The standard InChI is InChI=1S/C16H21ClN4O2S/c1-12-15(16(17)20(2)18-12)24(22,23)19-13-8-4-5-9-14(13)21-10-6-3-7-11-21/h4-5,8-9,19H,3,6-7,10-11H2,1-2H3. The van der Waals surface area contributed by atoms with Crippen LogP contribution >= 0.6 is 11.6 Å². The zero-order valence-corrected chi connectivity index (χ0v) is 15.4. The Bertz CT molecular complexity index is 842. The number of aryl methyl sites for hydroxylation is 2. The van der Waals surface area contributed by atoms with Crippen molar-refractivity contribution in [1.29, 1.82) is 0 Å². The molecule has 0 radical (unpaired) electrons. The molecule has 0 atom stereocenters. The van der Waals surface area contributed by atoms with Crippen molar-refractivity contribution in [1.82, 2.24) is 9.78 Å². The van der Waals surface area contributed by atoms with Gasteiger partial charge in [-0.1, -0.05) is 23.7 Å². The van der Waals surface area contributed by atoms with Crippen LogP contribution < -0.4 is 9.62 Å². The topological polar surface area (TPSA) is 67.2 Å². The van der Waals surface area contributed by atoms with Crippen LogP contribution in [0.3, 0.4) is 0 Å². The summed E-state index contributed by atoms with van der Waals surface area (Å²) in [5, 5.41) is 4.19. The Kier molecular flexibility index (Phi) is 4.73. The molecule has 3 rings (SSSR count). The molecule has 0 unspecified atom stereocenters. The summed E-state index contributed by atoms with van der Waals surface area (Å²) in [6, 6.07) is 7.47. The fraction of sp³-hybridized carbons (Fsp3) is 0.438. The van der Waals surface area contributed by atoms with E-state index >= 15 is 0 Å². The summed E-state index contributed by atoms with van der Waals surface area (Å²) in [6.07, 6.45) is 3.46. The molecule has 6 nitrogen and oxygen atoms in total. The third kappa shape index (κ3) is 3.23. The number of hydrogen-bond donors (Lipinski definition) is 1. The first-order chi connectivity index (χ1) is 11.4. The molecule has 2 aromatic rings. The second-order valence-electron chi connectivity index (χ2n) is 6.00. The van der Waals surface area contributed by atoms with Crippen molar-refractivity contribution in [2.24, 2.45) is 7.05 Å². The SMILES string of the molecule is Cc1nn(C)c(Cl)c1S(=O)(=O)Nc1ccccc1N1CCCCC1. The maximum absolute atomic E-state index is 12.8. The highest BCUT2D eigenvalue weighted by Gasteiger charge is 2.26. The fourth-order valence-corrected chi connectivity index (χ4v) is 4.91. The smallest absolute Gasteiger partial charge is 0.266 e. The second-order valence-corrected chi connectivity index (χ2v) is 7.98. The molecule has 2 heterocycles. The lowest BCUT2D eigenvalue weighted by Crippen LogP contribution is -2.30. The molecule has 8 heteroatoms. The number of hydrogen-bond acceptors (Lipinski definition) is 4. The summed E-state index contributed by atoms with van der Waals surface area (Å²) in [5.41, 5.74) is 1.85. The lowest BCUT2D eigenvalue weighted by atomic mass is 10.1. The predicted molar refractivity (Wildman–Crippen MR) is 96.3 cm³/mol. The van der Waals surface area contributed by atoms with Gasteiger partial charge >= 0.3 is 0 Å². The third-order valence-corrected chi connectivity index (χ3v) is 6.27. The van der Waals surface area contributed by atoms with Crippen molar-refractivity contribution >= 4 is 33.0 Å². The zero-order valence-electron chi connectivity index (χ0n) is 13.8. The number of benzene rings is 1. The molecule has 1 N–H and O–H groups in total. The Morgan fingerprint density at radius 2 is 1.83 bits per heavy atom. The van der Waals surface area contributed by atoms with Gasteiger partial charge in [-0.3, -0.25) is 9.40 Å². The largest absolute Gasteiger partial charge is 0.370 e. The van der Waals surface area contributed by atoms with Crippen molar-refractivity contribution in [3.63, 3.8) is 0 Å². The van der Waals surface area contributed by atoms with Crippen molar-refractivity contribution < 1.29 is 8.42 Å². The van der Waals surface area contributed by atoms with Gasteiger partial charge in [-0.2, -0.15) is 5.10 Å².